The second kappa shape index (κ2) is 10.0. The Morgan fingerprint density at radius 1 is 1.16 bits per heavy atom. The number of nitrogens with one attached hydrogen (secondary N) is 1. The summed E-state index contributed by atoms with van der Waals surface area (Å²) < 4.78 is 10.9. The number of anilines is 1. The number of hydrogen-bond donors (Lipinski definition) is 3. The molecular formula is C20H24N4O7. The van der Waals surface area contributed by atoms with E-state index in [1.165, 1.54) is 12.8 Å². The highest BCUT2D eigenvalue weighted by Crippen LogP contribution is 2.39. The SMILES string of the molecule is CCOc1ccccc1NC(=O)CN1CC(c2nc(C3CC3)no2)C1.O=C(O)C(=O)O. The van der Waals surface area contributed by atoms with Gasteiger partial charge in [-0.3, -0.25) is 9.69 Å². The van der Waals surface area contributed by atoms with Crippen molar-refractivity contribution in [2.24, 2.45) is 0 Å². The minimum absolute atomic E-state index is 0.0465. The summed E-state index contributed by atoms with van der Waals surface area (Å²) in [5.74, 6) is -0.703. The van der Waals surface area contributed by atoms with Gasteiger partial charge in [0.15, 0.2) is 5.82 Å². The number of carbonyl (C=O) groups is 3. The highest BCUT2D eigenvalue weighted by Gasteiger charge is 2.35. The fraction of sp³-hybridized carbons (Fsp3) is 0.450. The van der Waals surface area contributed by atoms with Crippen molar-refractivity contribution >= 4 is 23.5 Å². The summed E-state index contributed by atoms with van der Waals surface area (Å²) in [4.78, 5) is 37.0. The summed E-state index contributed by atoms with van der Waals surface area (Å²) in [5.41, 5.74) is 0.706. The Hall–Kier alpha value is -3.47. The van der Waals surface area contributed by atoms with Gasteiger partial charge in [-0.25, -0.2) is 9.59 Å². The van der Waals surface area contributed by atoms with Gasteiger partial charge in [-0.15, -0.1) is 0 Å². The molecule has 3 N–H and O–H groups in total. The lowest BCUT2D eigenvalue weighted by atomic mass is 10.0. The Morgan fingerprint density at radius 3 is 2.45 bits per heavy atom. The number of carbonyl (C=O) groups excluding carboxylic acids is 1. The third kappa shape index (κ3) is 6.25. The Labute approximate surface area is 178 Å². The zero-order valence-electron chi connectivity index (χ0n) is 17.0. The fourth-order valence-corrected chi connectivity index (χ4v) is 3.02. The third-order valence-electron chi connectivity index (χ3n) is 4.72. The van der Waals surface area contributed by atoms with Crippen LogP contribution in [0.3, 0.4) is 0 Å². The Kier molecular flexibility index (Phi) is 7.19. The molecule has 0 bridgehead atoms. The van der Waals surface area contributed by atoms with E-state index in [4.69, 9.17) is 29.1 Å². The van der Waals surface area contributed by atoms with Crippen LogP contribution in [0.1, 0.15) is 43.3 Å². The van der Waals surface area contributed by atoms with E-state index in [0.717, 1.165) is 18.9 Å². The van der Waals surface area contributed by atoms with Crippen LogP contribution < -0.4 is 10.1 Å². The predicted molar refractivity (Wildman–Crippen MR) is 107 cm³/mol. The molecule has 2 heterocycles. The second-order valence-corrected chi connectivity index (χ2v) is 7.24. The van der Waals surface area contributed by atoms with Gasteiger partial charge in [0.25, 0.3) is 0 Å². The molecular weight excluding hydrogens is 408 g/mol. The zero-order valence-corrected chi connectivity index (χ0v) is 17.0. The average molecular weight is 432 g/mol. The van der Waals surface area contributed by atoms with Crippen LogP contribution in [0, 0.1) is 0 Å². The number of benzene rings is 1. The van der Waals surface area contributed by atoms with Gasteiger partial charge in [0, 0.05) is 19.0 Å². The Balaban J connectivity index is 0.000000401. The number of carboxylic acid groups (broad SMARTS) is 2. The topological polar surface area (TPSA) is 155 Å². The lowest BCUT2D eigenvalue weighted by Crippen LogP contribution is -2.48. The van der Waals surface area contributed by atoms with Crippen molar-refractivity contribution in [3.63, 3.8) is 0 Å². The van der Waals surface area contributed by atoms with Crippen molar-refractivity contribution < 1.29 is 33.9 Å². The number of hydrogen-bond acceptors (Lipinski definition) is 8. The molecule has 0 unspecified atom stereocenters. The molecule has 2 aliphatic rings. The van der Waals surface area contributed by atoms with Crippen molar-refractivity contribution in [2.45, 2.75) is 31.6 Å². The number of aliphatic carboxylic acids is 2. The van der Waals surface area contributed by atoms with Crippen LogP contribution in [0.4, 0.5) is 5.69 Å². The second-order valence-electron chi connectivity index (χ2n) is 7.24. The number of amides is 1. The van der Waals surface area contributed by atoms with Crippen LogP contribution in [-0.2, 0) is 14.4 Å². The molecule has 0 atom stereocenters. The molecule has 166 valence electrons. The molecule has 31 heavy (non-hydrogen) atoms. The smallest absolute Gasteiger partial charge is 0.414 e. The highest BCUT2D eigenvalue weighted by molar-refractivity contribution is 6.27. The van der Waals surface area contributed by atoms with E-state index in [2.05, 4.69) is 20.4 Å². The van der Waals surface area contributed by atoms with Crippen molar-refractivity contribution in [2.75, 3.05) is 31.6 Å². The molecule has 2 fully saturated rings. The third-order valence-corrected chi connectivity index (χ3v) is 4.72. The summed E-state index contributed by atoms with van der Waals surface area (Å²) in [5, 5.41) is 21.8. The van der Waals surface area contributed by atoms with Crippen molar-refractivity contribution in [3.8, 4) is 5.75 Å². The number of para-hydroxylation sites is 2. The molecule has 1 amide bonds. The standard InChI is InChI=1S/C18H22N4O3.C2H2O4/c1-2-24-15-6-4-3-5-14(15)19-16(23)11-22-9-13(10-22)18-20-17(21-25-18)12-7-8-12;3-1(4)2(5)6/h3-6,12-13H,2,7-11H2,1H3,(H,19,23);(H,3,4)(H,5,6). The maximum atomic E-state index is 12.3. The number of nitrogens with zero attached hydrogens (tertiary/aromatic N) is 3. The molecule has 1 aromatic carbocycles. The Morgan fingerprint density at radius 2 is 1.84 bits per heavy atom. The minimum atomic E-state index is -1.82. The number of aromatic nitrogens is 2. The number of carboxylic acids is 2. The Bertz CT molecular complexity index is 923. The molecule has 0 radical (unpaired) electrons. The summed E-state index contributed by atoms with van der Waals surface area (Å²) in [6.07, 6.45) is 2.33. The molecule has 1 saturated carbocycles. The number of rotatable bonds is 7. The lowest BCUT2D eigenvalue weighted by Gasteiger charge is -2.36. The normalized spacial score (nSPS) is 15.9. The van der Waals surface area contributed by atoms with Gasteiger partial charge in [-0.2, -0.15) is 4.98 Å². The van der Waals surface area contributed by atoms with E-state index in [9.17, 15) is 4.79 Å². The van der Waals surface area contributed by atoms with Gasteiger partial charge in [-0.1, -0.05) is 17.3 Å². The van der Waals surface area contributed by atoms with Crippen molar-refractivity contribution in [1.82, 2.24) is 15.0 Å². The molecule has 1 saturated heterocycles. The van der Waals surface area contributed by atoms with Crippen molar-refractivity contribution in [1.29, 1.82) is 0 Å². The molecule has 1 aliphatic heterocycles. The number of likely N-dealkylation sites (tertiary alicyclic amines) is 1. The molecule has 2 aromatic rings. The van der Waals surface area contributed by atoms with Gasteiger partial charge in [0.05, 0.1) is 24.8 Å². The van der Waals surface area contributed by atoms with Crippen LogP contribution in [0.5, 0.6) is 5.75 Å². The summed E-state index contributed by atoms with van der Waals surface area (Å²) in [7, 11) is 0. The largest absolute Gasteiger partial charge is 0.492 e. The first-order valence-electron chi connectivity index (χ1n) is 9.91. The first-order chi connectivity index (χ1) is 14.9. The van der Waals surface area contributed by atoms with Gasteiger partial charge in [0.2, 0.25) is 11.8 Å². The summed E-state index contributed by atoms with van der Waals surface area (Å²) >= 11 is 0. The summed E-state index contributed by atoms with van der Waals surface area (Å²) in [6.45, 7) is 4.37. The highest BCUT2D eigenvalue weighted by atomic mass is 16.5. The first-order valence-corrected chi connectivity index (χ1v) is 9.91. The van der Waals surface area contributed by atoms with E-state index in [0.29, 0.717) is 36.4 Å². The van der Waals surface area contributed by atoms with Crippen LogP contribution in [0.25, 0.3) is 0 Å². The molecule has 11 nitrogen and oxygen atoms in total. The number of ether oxygens (including phenoxy) is 1. The monoisotopic (exact) mass is 432 g/mol. The van der Waals surface area contributed by atoms with Gasteiger partial charge in [0.1, 0.15) is 5.75 Å². The van der Waals surface area contributed by atoms with E-state index in [-0.39, 0.29) is 11.8 Å². The fourth-order valence-electron chi connectivity index (χ4n) is 3.02. The van der Waals surface area contributed by atoms with Crippen molar-refractivity contribution in [3.05, 3.63) is 36.0 Å². The van der Waals surface area contributed by atoms with Crippen LogP contribution in [0.15, 0.2) is 28.8 Å². The van der Waals surface area contributed by atoms with Crippen LogP contribution in [-0.4, -0.2) is 69.3 Å². The molecule has 1 aromatic heterocycles. The average Bonchev–Trinajstić information content (AvgIpc) is 3.44. The van der Waals surface area contributed by atoms with E-state index >= 15 is 0 Å². The van der Waals surface area contributed by atoms with Crippen LogP contribution >= 0.6 is 0 Å². The van der Waals surface area contributed by atoms with Crippen LogP contribution in [0.2, 0.25) is 0 Å². The zero-order chi connectivity index (χ0) is 22.4. The molecule has 11 heteroatoms. The first kappa shape index (κ1) is 22.2. The molecule has 4 rings (SSSR count). The molecule has 1 aliphatic carbocycles. The van der Waals surface area contributed by atoms with Gasteiger partial charge >= 0.3 is 11.9 Å². The molecule has 0 spiro atoms. The quantitative estimate of drug-likeness (QED) is 0.549. The lowest BCUT2D eigenvalue weighted by molar-refractivity contribution is -0.159. The van der Waals surface area contributed by atoms with Gasteiger partial charge < -0.3 is 24.8 Å². The van der Waals surface area contributed by atoms with E-state index < -0.39 is 11.9 Å². The maximum Gasteiger partial charge on any atom is 0.414 e. The van der Waals surface area contributed by atoms with E-state index in [1.807, 2.05) is 31.2 Å². The maximum absolute atomic E-state index is 12.3. The summed E-state index contributed by atoms with van der Waals surface area (Å²) in [6, 6.07) is 7.47. The van der Waals surface area contributed by atoms with Gasteiger partial charge in [-0.05, 0) is 31.9 Å². The van der Waals surface area contributed by atoms with E-state index in [1.54, 1.807) is 0 Å². The predicted octanol–water partition coefficient (Wildman–Crippen LogP) is 1.54. The minimum Gasteiger partial charge on any atom is -0.492 e.